The van der Waals surface area contributed by atoms with E-state index < -0.39 is 70.0 Å². The SMILES string of the molecule is Cc1cc(C(F)(F)F)cc(N2C(=O)C(O)C(O)C2C(=O)N(C)c2cc(Cl)c(F)cc2F)n1. The number of carbonyl (C=O) groups excluding carboxylic acids is 2. The summed E-state index contributed by atoms with van der Waals surface area (Å²) in [5, 5.41) is 19.8. The summed E-state index contributed by atoms with van der Waals surface area (Å²) < 4.78 is 67.3. The molecule has 1 aliphatic rings. The Morgan fingerprint density at radius 3 is 2.38 bits per heavy atom. The lowest BCUT2D eigenvalue weighted by molar-refractivity contribution is -0.137. The maximum Gasteiger partial charge on any atom is 0.416 e. The number of rotatable bonds is 3. The van der Waals surface area contributed by atoms with Gasteiger partial charge in [-0.15, -0.1) is 0 Å². The molecule has 0 saturated carbocycles. The summed E-state index contributed by atoms with van der Waals surface area (Å²) in [6, 6.07) is 0.408. The molecule has 7 nitrogen and oxygen atoms in total. The number of carbonyl (C=O) groups is 2. The van der Waals surface area contributed by atoms with Gasteiger partial charge in [0.25, 0.3) is 11.8 Å². The molecule has 1 aromatic carbocycles. The Kier molecular flexibility index (Phi) is 6.15. The highest BCUT2D eigenvalue weighted by Crippen LogP contribution is 2.35. The number of pyridine rings is 1. The molecule has 13 heteroatoms. The summed E-state index contributed by atoms with van der Waals surface area (Å²) in [6.45, 7) is 1.21. The van der Waals surface area contributed by atoms with E-state index in [0.717, 1.165) is 13.1 Å². The van der Waals surface area contributed by atoms with E-state index in [1.54, 1.807) is 0 Å². The van der Waals surface area contributed by atoms with Gasteiger partial charge in [-0.2, -0.15) is 13.2 Å². The van der Waals surface area contributed by atoms with Crippen molar-refractivity contribution >= 4 is 34.9 Å². The molecule has 1 saturated heterocycles. The Morgan fingerprint density at radius 2 is 1.78 bits per heavy atom. The Morgan fingerprint density at radius 1 is 1.16 bits per heavy atom. The summed E-state index contributed by atoms with van der Waals surface area (Å²) >= 11 is 5.62. The molecule has 1 aromatic heterocycles. The molecule has 0 spiro atoms. The van der Waals surface area contributed by atoms with Crippen LogP contribution < -0.4 is 9.80 Å². The van der Waals surface area contributed by atoms with Gasteiger partial charge in [-0.25, -0.2) is 13.8 Å². The van der Waals surface area contributed by atoms with Crippen LogP contribution in [0.15, 0.2) is 24.3 Å². The van der Waals surface area contributed by atoms with E-state index in [-0.39, 0.29) is 5.69 Å². The van der Waals surface area contributed by atoms with Gasteiger partial charge in [0.05, 0.1) is 16.3 Å². The highest BCUT2D eigenvalue weighted by molar-refractivity contribution is 6.31. The second-order valence-corrected chi connectivity index (χ2v) is 7.46. The largest absolute Gasteiger partial charge is 0.416 e. The van der Waals surface area contributed by atoms with E-state index in [4.69, 9.17) is 11.6 Å². The molecule has 0 aliphatic carbocycles. The zero-order chi connectivity index (χ0) is 24.1. The van der Waals surface area contributed by atoms with E-state index in [1.165, 1.54) is 6.92 Å². The molecule has 3 rings (SSSR count). The number of hydrogen-bond acceptors (Lipinski definition) is 5. The standard InChI is InChI=1S/C19H15ClF5N3O4/c1-7-3-8(19(23,24)25)4-13(26-7)28-14(15(29)16(30)18(28)32)17(31)27(2)12-5-9(20)10(21)6-11(12)22/h3-6,14-16,29-30H,1-2H3. The van der Waals surface area contributed by atoms with Gasteiger partial charge in [0.15, 0.2) is 6.10 Å². The third-order valence-electron chi connectivity index (χ3n) is 4.86. The predicted octanol–water partition coefficient (Wildman–Crippen LogP) is 2.44. The fourth-order valence-corrected chi connectivity index (χ4v) is 3.45. The summed E-state index contributed by atoms with van der Waals surface area (Å²) in [4.78, 5) is 30.4. The lowest BCUT2D eigenvalue weighted by Gasteiger charge is -2.29. The molecule has 2 N–H and O–H groups in total. The van der Waals surface area contributed by atoms with Crippen LogP contribution in [-0.2, 0) is 15.8 Å². The molecule has 0 radical (unpaired) electrons. The zero-order valence-electron chi connectivity index (χ0n) is 16.4. The first-order valence-corrected chi connectivity index (χ1v) is 9.29. The number of alkyl halides is 3. The maximum absolute atomic E-state index is 14.2. The minimum atomic E-state index is -4.81. The number of amides is 2. The van der Waals surface area contributed by atoms with Crippen molar-refractivity contribution in [2.24, 2.45) is 0 Å². The average molecular weight is 480 g/mol. The first kappa shape index (κ1) is 23.8. The van der Waals surface area contributed by atoms with E-state index in [1.807, 2.05) is 0 Å². The Bertz CT molecular complexity index is 1100. The topological polar surface area (TPSA) is 94.0 Å². The van der Waals surface area contributed by atoms with Crippen molar-refractivity contribution in [1.29, 1.82) is 0 Å². The first-order valence-electron chi connectivity index (χ1n) is 8.91. The van der Waals surface area contributed by atoms with Crippen LogP contribution in [0.25, 0.3) is 0 Å². The lowest BCUT2D eigenvalue weighted by Crippen LogP contribution is -2.50. The van der Waals surface area contributed by atoms with E-state index in [0.29, 0.717) is 28.0 Å². The molecular weight excluding hydrogens is 465 g/mol. The van der Waals surface area contributed by atoms with Crippen LogP contribution in [0.2, 0.25) is 5.02 Å². The predicted molar refractivity (Wildman–Crippen MR) is 102 cm³/mol. The smallest absolute Gasteiger partial charge is 0.387 e. The molecule has 2 aromatic rings. The number of halogens is 6. The molecule has 2 heterocycles. The van der Waals surface area contributed by atoms with Crippen LogP contribution in [0, 0.1) is 18.6 Å². The minimum Gasteiger partial charge on any atom is -0.387 e. The first-order chi connectivity index (χ1) is 14.7. The van der Waals surface area contributed by atoms with Gasteiger partial charge in [-0.1, -0.05) is 11.6 Å². The minimum absolute atomic E-state index is 0.158. The third-order valence-corrected chi connectivity index (χ3v) is 5.15. The number of likely N-dealkylation sites (N-methyl/N-ethyl adjacent to an activating group) is 1. The van der Waals surface area contributed by atoms with Crippen LogP contribution in [0.4, 0.5) is 33.5 Å². The van der Waals surface area contributed by atoms with Gasteiger partial charge in [0, 0.05) is 18.8 Å². The molecular formula is C19H15ClF5N3O4. The van der Waals surface area contributed by atoms with Crippen LogP contribution >= 0.6 is 11.6 Å². The van der Waals surface area contributed by atoms with Gasteiger partial charge >= 0.3 is 6.18 Å². The second-order valence-electron chi connectivity index (χ2n) is 7.06. The van der Waals surface area contributed by atoms with Crippen molar-refractivity contribution < 1.29 is 41.8 Å². The zero-order valence-corrected chi connectivity index (χ0v) is 17.1. The van der Waals surface area contributed by atoms with Crippen molar-refractivity contribution in [3.8, 4) is 0 Å². The van der Waals surface area contributed by atoms with Crippen LogP contribution in [-0.4, -0.2) is 52.3 Å². The fraction of sp³-hybridized carbons (Fsp3) is 0.316. The number of aromatic nitrogens is 1. The Balaban J connectivity index is 2.08. The van der Waals surface area contributed by atoms with Crippen molar-refractivity contribution in [2.45, 2.75) is 31.3 Å². The fourth-order valence-electron chi connectivity index (χ4n) is 3.29. The summed E-state index contributed by atoms with van der Waals surface area (Å²) in [6.07, 6.45) is -9.05. The molecule has 2 amide bonds. The molecule has 3 unspecified atom stereocenters. The Labute approximate surface area is 182 Å². The quantitative estimate of drug-likeness (QED) is 0.521. The van der Waals surface area contributed by atoms with Gasteiger partial charge in [0.1, 0.15) is 29.6 Å². The number of anilines is 2. The highest BCUT2D eigenvalue weighted by atomic mass is 35.5. The normalized spacial score (nSPS) is 21.2. The van der Waals surface area contributed by atoms with Gasteiger partial charge in [-0.05, 0) is 25.1 Å². The van der Waals surface area contributed by atoms with Gasteiger partial charge in [0.2, 0.25) is 0 Å². The van der Waals surface area contributed by atoms with Crippen molar-refractivity contribution in [3.63, 3.8) is 0 Å². The molecule has 3 atom stereocenters. The summed E-state index contributed by atoms with van der Waals surface area (Å²) in [5.41, 5.74) is -1.87. The monoisotopic (exact) mass is 479 g/mol. The number of benzene rings is 1. The average Bonchev–Trinajstić information content (AvgIpc) is 2.92. The molecule has 172 valence electrons. The molecule has 1 fully saturated rings. The van der Waals surface area contributed by atoms with E-state index in [9.17, 15) is 41.8 Å². The molecule has 0 bridgehead atoms. The second kappa shape index (κ2) is 8.26. The number of aryl methyl sites for hydroxylation is 1. The van der Waals surface area contributed by atoms with E-state index in [2.05, 4.69) is 4.98 Å². The van der Waals surface area contributed by atoms with Crippen molar-refractivity contribution in [3.05, 3.63) is 52.2 Å². The highest BCUT2D eigenvalue weighted by Gasteiger charge is 2.53. The van der Waals surface area contributed by atoms with Crippen LogP contribution in [0.3, 0.4) is 0 Å². The van der Waals surface area contributed by atoms with Gasteiger partial charge < -0.3 is 15.1 Å². The summed E-state index contributed by atoms with van der Waals surface area (Å²) in [5.74, 6) is -5.44. The lowest BCUT2D eigenvalue weighted by atomic mass is 10.1. The number of aliphatic hydroxyl groups is 2. The maximum atomic E-state index is 14.2. The molecule has 1 aliphatic heterocycles. The number of hydrogen-bond donors (Lipinski definition) is 2. The molecule has 32 heavy (non-hydrogen) atoms. The third kappa shape index (κ3) is 4.12. The summed E-state index contributed by atoms with van der Waals surface area (Å²) in [7, 11) is 1.01. The van der Waals surface area contributed by atoms with Crippen molar-refractivity contribution in [1.82, 2.24) is 4.98 Å². The van der Waals surface area contributed by atoms with Crippen LogP contribution in [0.5, 0.6) is 0 Å². The number of aliphatic hydroxyl groups excluding tert-OH is 2. The van der Waals surface area contributed by atoms with Crippen molar-refractivity contribution in [2.75, 3.05) is 16.8 Å². The van der Waals surface area contributed by atoms with Gasteiger partial charge in [-0.3, -0.25) is 14.5 Å². The number of nitrogens with zero attached hydrogens (tertiary/aromatic N) is 3. The van der Waals surface area contributed by atoms with E-state index >= 15 is 0 Å². The van der Waals surface area contributed by atoms with Crippen LogP contribution in [0.1, 0.15) is 11.3 Å². The Hall–Kier alpha value is -2.83.